The summed E-state index contributed by atoms with van der Waals surface area (Å²) in [5, 5.41) is 2.55. The van der Waals surface area contributed by atoms with Crippen LogP contribution < -0.4 is 14.8 Å². The monoisotopic (exact) mass is 299 g/mol. The molecular weight excluding hydrogens is 285 g/mol. The molecule has 0 aliphatic carbocycles. The number of amides is 1. The molecule has 0 atom stereocenters. The van der Waals surface area contributed by atoms with Gasteiger partial charge in [-0.15, -0.1) is 0 Å². The maximum absolute atomic E-state index is 13.6. The van der Waals surface area contributed by atoms with E-state index >= 15 is 0 Å². The first-order chi connectivity index (χ1) is 10.7. The smallest absolute Gasteiger partial charge is 0.255 e. The number of ether oxygens (including phenoxy) is 2. The lowest BCUT2D eigenvalue weighted by molar-refractivity contribution is -0.113. The van der Waals surface area contributed by atoms with Gasteiger partial charge in [0.25, 0.3) is 5.91 Å². The van der Waals surface area contributed by atoms with Gasteiger partial charge < -0.3 is 14.8 Å². The van der Waals surface area contributed by atoms with Gasteiger partial charge >= 0.3 is 0 Å². The van der Waals surface area contributed by atoms with E-state index in [1.165, 1.54) is 12.1 Å². The molecule has 1 amide bonds. The van der Waals surface area contributed by atoms with E-state index in [9.17, 15) is 9.18 Å². The first kappa shape index (κ1) is 14.1. The van der Waals surface area contributed by atoms with E-state index < -0.39 is 11.7 Å². The molecule has 1 heterocycles. The zero-order valence-electron chi connectivity index (χ0n) is 11.9. The molecule has 4 nitrogen and oxygen atoms in total. The van der Waals surface area contributed by atoms with Gasteiger partial charge in [0, 0.05) is 5.56 Å². The van der Waals surface area contributed by atoms with Crippen molar-refractivity contribution in [1.82, 2.24) is 0 Å². The molecule has 0 saturated carbocycles. The van der Waals surface area contributed by atoms with Gasteiger partial charge in [0.2, 0.25) is 0 Å². The van der Waals surface area contributed by atoms with E-state index in [4.69, 9.17) is 9.47 Å². The summed E-state index contributed by atoms with van der Waals surface area (Å²) in [6.07, 6.45) is 1.72. The van der Waals surface area contributed by atoms with Crippen LogP contribution in [0.4, 0.5) is 10.1 Å². The summed E-state index contributed by atoms with van der Waals surface area (Å²) in [7, 11) is 1.57. The summed E-state index contributed by atoms with van der Waals surface area (Å²) in [6.45, 7) is 0.139. The van der Waals surface area contributed by atoms with E-state index in [1.807, 2.05) is 0 Å². The molecule has 3 rings (SSSR count). The van der Waals surface area contributed by atoms with Crippen LogP contribution in [0, 0.1) is 5.82 Å². The number of hydrogen-bond acceptors (Lipinski definition) is 3. The first-order valence-electron chi connectivity index (χ1n) is 6.74. The quantitative estimate of drug-likeness (QED) is 0.946. The number of nitrogens with one attached hydrogen (secondary N) is 1. The molecular formula is C17H14FNO3. The molecule has 0 bridgehead atoms. The molecule has 0 spiro atoms. The van der Waals surface area contributed by atoms with Crippen LogP contribution in [0.1, 0.15) is 5.56 Å². The summed E-state index contributed by atoms with van der Waals surface area (Å²) in [5.41, 5.74) is 1.32. The number of fused-ring (bicyclic) bond motifs is 1. The standard InChI is InChI=1S/C17H14FNO3/c1-21-13-6-7-16-11(9-13)8-12(10-22-16)17(20)19-15-5-3-2-4-14(15)18/h2-9H,10H2,1H3,(H,19,20). The largest absolute Gasteiger partial charge is 0.497 e. The fourth-order valence-electron chi connectivity index (χ4n) is 2.18. The average molecular weight is 299 g/mol. The van der Waals surface area contributed by atoms with Crippen LogP contribution in [-0.4, -0.2) is 19.6 Å². The minimum atomic E-state index is -0.477. The van der Waals surface area contributed by atoms with Crippen LogP contribution in [-0.2, 0) is 4.79 Å². The van der Waals surface area contributed by atoms with Crippen molar-refractivity contribution >= 4 is 17.7 Å². The van der Waals surface area contributed by atoms with Crippen molar-refractivity contribution in [3.8, 4) is 11.5 Å². The van der Waals surface area contributed by atoms with Crippen molar-refractivity contribution in [3.05, 3.63) is 59.4 Å². The number of benzene rings is 2. The lowest BCUT2D eigenvalue weighted by Crippen LogP contribution is -2.21. The van der Waals surface area contributed by atoms with Crippen molar-refractivity contribution in [2.24, 2.45) is 0 Å². The van der Waals surface area contributed by atoms with E-state index in [0.717, 1.165) is 5.56 Å². The van der Waals surface area contributed by atoms with Gasteiger partial charge in [-0.2, -0.15) is 0 Å². The molecule has 0 aromatic heterocycles. The first-order valence-corrected chi connectivity index (χ1v) is 6.74. The highest BCUT2D eigenvalue weighted by atomic mass is 19.1. The van der Waals surface area contributed by atoms with Gasteiger partial charge in [-0.05, 0) is 36.4 Å². The van der Waals surface area contributed by atoms with Crippen molar-refractivity contribution in [2.75, 3.05) is 19.0 Å². The Morgan fingerprint density at radius 3 is 2.86 bits per heavy atom. The Kier molecular flexibility index (Phi) is 3.78. The molecule has 2 aromatic carbocycles. The molecule has 0 saturated heterocycles. The summed E-state index contributed by atoms with van der Waals surface area (Å²) in [4.78, 5) is 12.2. The molecule has 0 fully saturated rings. The van der Waals surface area contributed by atoms with Gasteiger partial charge in [0.05, 0.1) is 18.4 Å². The molecule has 112 valence electrons. The number of anilines is 1. The average Bonchev–Trinajstić information content (AvgIpc) is 2.55. The number of methoxy groups -OCH3 is 1. The Hall–Kier alpha value is -2.82. The number of para-hydroxylation sites is 1. The van der Waals surface area contributed by atoms with Crippen molar-refractivity contribution in [1.29, 1.82) is 0 Å². The third-order valence-corrected chi connectivity index (χ3v) is 3.34. The number of hydrogen-bond donors (Lipinski definition) is 1. The zero-order chi connectivity index (χ0) is 15.5. The minimum Gasteiger partial charge on any atom is -0.497 e. The second kappa shape index (κ2) is 5.89. The molecule has 2 aromatic rings. The van der Waals surface area contributed by atoms with Crippen LogP contribution in [0.5, 0.6) is 11.5 Å². The second-order valence-corrected chi connectivity index (χ2v) is 4.80. The van der Waals surface area contributed by atoms with E-state index in [0.29, 0.717) is 17.1 Å². The lowest BCUT2D eigenvalue weighted by atomic mass is 10.1. The molecule has 5 heteroatoms. The Morgan fingerprint density at radius 2 is 2.09 bits per heavy atom. The van der Waals surface area contributed by atoms with E-state index in [-0.39, 0.29) is 12.3 Å². The highest BCUT2D eigenvalue weighted by Gasteiger charge is 2.18. The van der Waals surface area contributed by atoms with Crippen LogP contribution in [0.15, 0.2) is 48.0 Å². The van der Waals surface area contributed by atoms with Crippen molar-refractivity contribution in [2.45, 2.75) is 0 Å². The lowest BCUT2D eigenvalue weighted by Gasteiger charge is -2.18. The summed E-state index contributed by atoms with van der Waals surface area (Å²) in [5.74, 6) is 0.492. The Morgan fingerprint density at radius 1 is 1.27 bits per heavy atom. The molecule has 22 heavy (non-hydrogen) atoms. The zero-order valence-corrected chi connectivity index (χ0v) is 11.9. The SMILES string of the molecule is COc1ccc2c(c1)C=C(C(=O)Nc1ccccc1F)CO2. The Bertz CT molecular complexity index is 755. The van der Waals surface area contributed by atoms with Crippen LogP contribution in [0.3, 0.4) is 0 Å². The molecule has 1 aliphatic heterocycles. The predicted octanol–water partition coefficient (Wildman–Crippen LogP) is 3.25. The molecule has 1 N–H and O–H groups in total. The maximum atomic E-state index is 13.6. The summed E-state index contributed by atoms with van der Waals surface area (Å²) in [6, 6.07) is 11.4. The summed E-state index contributed by atoms with van der Waals surface area (Å²) >= 11 is 0. The molecule has 0 radical (unpaired) electrons. The highest BCUT2D eigenvalue weighted by molar-refractivity contribution is 6.07. The fraction of sp³-hybridized carbons (Fsp3) is 0.118. The van der Waals surface area contributed by atoms with Crippen molar-refractivity contribution < 1.29 is 18.7 Å². The second-order valence-electron chi connectivity index (χ2n) is 4.80. The number of halogens is 1. The highest BCUT2D eigenvalue weighted by Crippen LogP contribution is 2.30. The van der Waals surface area contributed by atoms with Gasteiger partial charge in [-0.25, -0.2) is 4.39 Å². The van der Waals surface area contributed by atoms with E-state index in [1.54, 1.807) is 43.5 Å². The Balaban J connectivity index is 1.84. The van der Waals surface area contributed by atoms with Gasteiger partial charge in [-0.1, -0.05) is 12.1 Å². The predicted molar refractivity (Wildman–Crippen MR) is 81.5 cm³/mol. The van der Waals surface area contributed by atoms with Gasteiger partial charge in [0.15, 0.2) is 0 Å². The molecule has 0 unspecified atom stereocenters. The van der Waals surface area contributed by atoms with Crippen molar-refractivity contribution in [3.63, 3.8) is 0 Å². The number of rotatable bonds is 3. The Labute approximate surface area is 127 Å². The van der Waals surface area contributed by atoms with Crippen LogP contribution >= 0.6 is 0 Å². The van der Waals surface area contributed by atoms with E-state index in [2.05, 4.69) is 5.32 Å². The third-order valence-electron chi connectivity index (χ3n) is 3.34. The van der Waals surface area contributed by atoms with Gasteiger partial charge in [0.1, 0.15) is 23.9 Å². The third kappa shape index (κ3) is 2.79. The normalized spacial score (nSPS) is 12.7. The minimum absolute atomic E-state index is 0.139. The van der Waals surface area contributed by atoms with Crippen LogP contribution in [0.2, 0.25) is 0 Å². The van der Waals surface area contributed by atoms with Crippen LogP contribution in [0.25, 0.3) is 6.08 Å². The summed E-state index contributed by atoms with van der Waals surface area (Å²) < 4.78 is 24.3. The maximum Gasteiger partial charge on any atom is 0.255 e. The topological polar surface area (TPSA) is 47.6 Å². The fourth-order valence-corrected chi connectivity index (χ4v) is 2.18. The molecule has 1 aliphatic rings. The number of carbonyl (C=O) groups is 1. The number of carbonyl (C=O) groups excluding carboxylic acids is 1. The van der Waals surface area contributed by atoms with Gasteiger partial charge in [-0.3, -0.25) is 4.79 Å².